The van der Waals surface area contributed by atoms with Crippen LogP contribution in [-0.4, -0.2) is 29.7 Å². The van der Waals surface area contributed by atoms with Gasteiger partial charge in [-0.2, -0.15) is 0 Å². The molecule has 0 amide bonds. The number of benzene rings is 1. The zero-order chi connectivity index (χ0) is 20.0. The molecule has 3 fully saturated rings. The van der Waals surface area contributed by atoms with Gasteiger partial charge in [-0.25, -0.2) is 0 Å². The van der Waals surface area contributed by atoms with Crippen molar-refractivity contribution in [3.63, 3.8) is 0 Å². The standard InChI is InChI=1S/C21H23F3N2O3.ClH/c22-21(23,24)28-18-4-2-1-3-16(18)19-17(20(29-26-19)12-5-6-12)11-27-15-9-13-7-8-14(10-15)25-13;/h1-4,12-15,25H,5-11H2;1H/t13-,14+,15?;. The Bertz CT molecular complexity index is 873. The smallest absolute Gasteiger partial charge is 0.405 e. The second-order valence-electron chi connectivity index (χ2n) is 8.23. The van der Waals surface area contributed by atoms with Crippen molar-refractivity contribution >= 4 is 12.4 Å². The van der Waals surface area contributed by atoms with Crippen molar-refractivity contribution < 1.29 is 27.2 Å². The number of nitrogens with zero attached hydrogens (tertiary/aromatic N) is 1. The van der Waals surface area contributed by atoms with Crippen LogP contribution in [0.1, 0.15) is 55.8 Å². The predicted octanol–water partition coefficient (Wildman–Crippen LogP) is 5.34. The lowest BCUT2D eigenvalue weighted by atomic mass is 10.0. The maximum Gasteiger partial charge on any atom is 0.573 e. The Morgan fingerprint density at radius 1 is 1.07 bits per heavy atom. The van der Waals surface area contributed by atoms with Crippen LogP contribution in [0, 0.1) is 0 Å². The summed E-state index contributed by atoms with van der Waals surface area (Å²) in [4.78, 5) is 0. The molecule has 1 aromatic carbocycles. The number of ether oxygens (including phenoxy) is 2. The van der Waals surface area contributed by atoms with Gasteiger partial charge in [0.25, 0.3) is 0 Å². The van der Waals surface area contributed by atoms with Crippen molar-refractivity contribution in [1.29, 1.82) is 0 Å². The first-order valence-corrected chi connectivity index (χ1v) is 10.2. The molecule has 9 heteroatoms. The first kappa shape index (κ1) is 21.5. The number of hydrogen-bond acceptors (Lipinski definition) is 5. The van der Waals surface area contributed by atoms with Gasteiger partial charge in [-0.15, -0.1) is 25.6 Å². The Hall–Kier alpha value is -1.77. The van der Waals surface area contributed by atoms with Crippen molar-refractivity contribution in [2.24, 2.45) is 0 Å². The monoisotopic (exact) mass is 444 g/mol. The molecule has 2 bridgehead atoms. The Labute approximate surface area is 178 Å². The molecule has 2 saturated heterocycles. The Kier molecular flexibility index (Phi) is 6.01. The molecule has 30 heavy (non-hydrogen) atoms. The third kappa shape index (κ3) is 4.60. The van der Waals surface area contributed by atoms with Crippen LogP contribution in [0.25, 0.3) is 11.3 Å². The number of rotatable bonds is 6. The number of fused-ring (bicyclic) bond motifs is 2. The normalized spacial score (nSPS) is 25.8. The maximum atomic E-state index is 12.9. The van der Waals surface area contributed by atoms with Gasteiger partial charge in [0, 0.05) is 29.1 Å². The molecule has 0 spiro atoms. The van der Waals surface area contributed by atoms with Crippen molar-refractivity contribution in [3.8, 4) is 17.0 Å². The molecule has 1 saturated carbocycles. The number of alkyl halides is 3. The summed E-state index contributed by atoms with van der Waals surface area (Å²) < 4.78 is 54.6. The molecule has 1 aromatic heterocycles. The van der Waals surface area contributed by atoms with Gasteiger partial charge >= 0.3 is 6.36 Å². The third-order valence-electron chi connectivity index (χ3n) is 6.03. The van der Waals surface area contributed by atoms with Crippen LogP contribution in [0.5, 0.6) is 5.75 Å². The minimum atomic E-state index is -4.77. The van der Waals surface area contributed by atoms with Gasteiger partial charge in [-0.05, 0) is 50.7 Å². The molecule has 1 N–H and O–H groups in total. The molecule has 3 aliphatic rings. The molecular weight excluding hydrogens is 421 g/mol. The zero-order valence-corrected chi connectivity index (χ0v) is 17.1. The zero-order valence-electron chi connectivity index (χ0n) is 16.3. The number of aromatic nitrogens is 1. The largest absolute Gasteiger partial charge is 0.573 e. The minimum Gasteiger partial charge on any atom is -0.405 e. The molecule has 164 valence electrons. The highest BCUT2D eigenvalue weighted by atomic mass is 35.5. The summed E-state index contributed by atoms with van der Waals surface area (Å²) in [7, 11) is 0. The van der Waals surface area contributed by atoms with E-state index in [1.165, 1.54) is 25.0 Å². The summed E-state index contributed by atoms with van der Waals surface area (Å²) in [6, 6.07) is 7.05. The van der Waals surface area contributed by atoms with Gasteiger partial charge in [-0.3, -0.25) is 0 Å². The summed E-state index contributed by atoms with van der Waals surface area (Å²) in [6.07, 6.45) is 1.65. The Morgan fingerprint density at radius 3 is 2.43 bits per heavy atom. The van der Waals surface area contributed by atoms with E-state index >= 15 is 0 Å². The van der Waals surface area contributed by atoms with Crippen LogP contribution < -0.4 is 10.1 Å². The van der Waals surface area contributed by atoms with E-state index in [0.717, 1.165) is 37.0 Å². The average molecular weight is 445 g/mol. The van der Waals surface area contributed by atoms with Crippen molar-refractivity contribution in [1.82, 2.24) is 10.5 Å². The number of para-hydroxylation sites is 1. The van der Waals surface area contributed by atoms with Crippen molar-refractivity contribution in [2.75, 3.05) is 0 Å². The van der Waals surface area contributed by atoms with Gasteiger partial charge < -0.3 is 19.3 Å². The third-order valence-corrected chi connectivity index (χ3v) is 6.03. The minimum absolute atomic E-state index is 0. The van der Waals surface area contributed by atoms with Gasteiger partial charge in [-0.1, -0.05) is 17.3 Å². The van der Waals surface area contributed by atoms with Gasteiger partial charge in [0.1, 0.15) is 17.2 Å². The van der Waals surface area contributed by atoms with E-state index in [4.69, 9.17) is 9.26 Å². The fourth-order valence-electron chi connectivity index (χ4n) is 4.56. The molecule has 3 heterocycles. The molecular formula is C21H24ClF3N2O3. The van der Waals surface area contributed by atoms with Crippen LogP contribution in [0.2, 0.25) is 0 Å². The quantitative estimate of drug-likeness (QED) is 0.651. The Balaban J connectivity index is 0.00000218. The fraction of sp³-hybridized carbons (Fsp3) is 0.571. The average Bonchev–Trinajstić information content (AvgIpc) is 3.35. The first-order chi connectivity index (χ1) is 14.0. The molecule has 1 aliphatic carbocycles. The number of nitrogens with one attached hydrogen (secondary N) is 1. The number of piperidine rings is 1. The van der Waals surface area contributed by atoms with E-state index in [1.807, 2.05) is 0 Å². The van der Waals surface area contributed by atoms with Crippen LogP contribution >= 0.6 is 12.4 Å². The summed E-state index contributed by atoms with van der Waals surface area (Å²) in [5.41, 5.74) is 1.39. The summed E-state index contributed by atoms with van der Waals surface area (Å²) in [5.74, 6) is 0.727. The lowest BCUT2D eigenvalue weighted by molar-refractivity contribution is -0.274. The molecule has 1 unspecified atom stereocenters. The van der Waals surface area contributed by atoms with Crippen molar-refractivity contribution in [3.05, 3.63) is 35.6 Å². The predicted molar refractivity (Wildman–Crippen MR) is 106 cm³/mol. The first-order valence-electron chi connectivity index (χ1n) is 10.2. The highest BCUT2D eigenvalue weighted by Gasteiger charge is 2.37. The lowest BCUT2D eigenvalue weighted by Gasteiger charge is -2.29. The van der Waals surface area contributed by atoms with Gasteiger partial charge in [0.05, 0.1) is 12.7 Å². The molecule has 5 rings (SSSR count). The summed E-state index contributed by atoms with van der Waals surface area (Å²) in [6.45, 7) is 0.287. The van der Waals surface area contributed by atoms with E-state index in [1.54, 1.807) is 12.1 Å². The molecule has 2 aliphatic heterocycles. The van der Waals surface area contributed by atoms with Gasteiger partial charge in [0.15, 0.2) is 0 Å². The van der Waals surface area contributed by atoms with Crippen LogP contribution in [0.15, 0.2) is 28.8 Å². The molecule has 2 aromatic rings. The van der Waals surface area contributed by atoms with Crippen LogP contribution in [-0.2, 0) is 11.3 Å². The highest BCUT2D eigenvalue weighted by molar-refractivity contribution is 5.85. The summed E-state index contributed by atoms with van der Waals surface area (Å²) in [5, 5.41) is 7.72. The SMILES string of the molecule is Cl.FC(F)(F)Oc1ccccc1-c1noc(C2CC2)c1COC1C[C@H]2CC[C@@H](C1)N2. The van der Waals surface area contributed by atoms with E-state index < -0.39 is 6.36 Å². The highest BCUT2D eigenvalue weighted by Crippen LogP contribution is 2.46. The summed E-state index contributed by atoms with van der Waals surface area (Å²) >= 11 is 0. The van der Waals surface area contributed by atoms with E-state index in [9.17, 15) is 13.2 Å². The molecule has 5 nitrogen and oxygen atoms in total. The second-order valence-corrected chi connectivity index (χ2v) is 8.23. The van der Waals surface area contributed by atoms with E-state index in [2.05, 4.69) is 15.2 Å². The van der Waals surface area contributed by atoms with E-state index in [0.29, 0.717) is 17.8 Å². The number of halogens is 4. The van der Waals surface area contributed by atoms with Crippen LogP contribution in [0.4, 0.5) is 13.2 Å². The fourth-order valence-corrected chi connectivity index (χ4v) is 4.56. The maximum absolute atomic E-state index is 12.9. The van der Waals surface area contributed by atoms with Crippen molar-refractivity contribution in [2.45, 2.75) is 75.6 Å². The van der Waals surface area contributed by atoms with Crippen LogP contribution in [0.3, 0.4) is 0 Å². The lowest BCUT2D eigenvalue weighted by Crippen LogP contribution is -2.41. The molecule has 0 radical (unpaired) electrons. The number of hydrogen-bond donors (Lipinski definition) is 1. The topological polar surface area (TPSA) is 56.5 Å². The molecule has 3 atom stereocenters. The van der Waals surface area contributed by atoms with Gasteiger partial charge in [0.2, 0.25) is 0 Å². The van der Waals surface area contributed by atoms with E-state index in [-0.39, 0.29) is 42.3 Å². The Morgan fingerprint density at radius 2 is 1.77 bits per heavy atom. The second kappa shape index (κ2) is 8.40.